The summed E-state index contributed by atoms with van der Waals surface area (Å²) >= 11 is 1.73. The van der Waals surface area contributed by atoms with E-state index >= 15 is 0 Å². The molecule has 0 saturated carbocycles. The summed E-state index contributed by atoms with van der Waals surface area (Å²) in [5.74, 6) is 0.581. The van der Waals surface area contributed by atoms with Crippen molar-refractivity contribution in [2.24, 2.45) is 0 Å². The van der Waals surface area contributed by atoms with Gasteiger partial charge in [0.25, 0.3) is 0 Å². The lowest BCUT2D eigenvalue weighted by Crippen LogP contribution is -2.35. The monoisotopic (exact) mass is 287 g/mol. The van der Waals surface area contributed by atoms with Crippen LogP contribution in [0.1, 0.15) is 27.7 Å². The molecule has 3 nitrogen and oxygen atoms in total. The molecule has 0 spiro atoms. The van der Waals surface area contributed by atoms with Gasteiger partial charge in [-0.2, -0.15) is 0 Å². The summed E-state index contributed by atoms with van der Waals surface area (Å²) in [6.45, 7) is 6.17. The topological polar surface area (TPSA) is 37.0 Å². The molecule has 1 unspecified atom stereocenters. The fourth-order valence-corrected chi connectivity index (χ4v) is 3.43. The van der Waals surface area contributed by atoms with Gasteiger partial charge >= 0.3 is 0 Å². The predicted molar refractivity (Wildman–Crippen MR) is 84.3 cm³/mol. The van der Waals surface area contributed by atoms with Crippen molar-refractivity contribution in [3.63, 3.8) is 0 Å². The van der Waals surface area contributed by atoms with Crippen LogP contribution in [-0.4, -0.2) is 24.6 Å². The lowest BCUT2D eigenvalue weighted by molar-refractivity contribution is 0.504. The van der Waals surface area contributed by atoms with Crippen molar-refractivity contribution in [3.05, 3.63) is 51.5 Å². The highest BCUT2D eigenvalue weighted by Gasteiger charge is 2.18. The van der Waals surface area contributed by atoms with E-state index < -0.39 is 0 Å². The minimum absolute atomic E-state index is 0.581. The molecule has 4 heteroatoms. The number of thiazole rings is 1. The second kappa shape index (κ2) is 6.48. The predicted octanol–water partition coefficient (Wildman–Crippen LogP) is 2.47. The van der Waals surface area contributed by atoms with E-state index in [0.717, 1.165) is 37.6 Å². The van der Waals surface area contributed by atoms with Crippen molar-refractivity contribution in [1.82, 2.24) is 15.6 Å². The van der Waals surface area contributed by atoms with E-state index in [1.54, 1.807) is 11.3 Å². The lowest BCUT2D eigenvalue weighted by atomic mass is 9.91. The van der Waals surface area contributed by atoms with Gasteiger partial charge in [-0.05, 0) is 18.1 Å². The molecular formula is C16H21N3S. The van der Waals surface area contributed by atoms with Gasteiger partial charge in [0.1, 0.15) is 0 Å². The zero-order chi connectivity index (χ0) is 13.8. The third kappa shape index (κ3) is 3.26. The van der Waals surface area contributed by atoms with Crippen LogP contribution in [0.2, 0.25) is 0 Å². The quantitative estimate of drug-likeness (QED) is 0.830. The zero-order valence-electron chi connectivity index (χ0n) is 11.9. The van der Waals surface area contributed by atoms with Crippen LogP contribution in [0.4, 0.5) is 0 Å². The van der Waals surface area contributed by atoms with Gasteiger partial charge in [0, 0.05) is 43.9 Å². The molecule has 2 aromatic rings. The van der Waals surface area contributed by atoms with E-state index in [1.165, 1.54) is 16.8 Å². The van der Waals surface area contributed by atoms with Crippen molar-refractivity contribution in [2.75, 3.05) is 19.6 Å². The van der Waals surface area contributed by atoms with Crippen LogP contribution in [0, 0.1) is 6.92 Å². The number of rotatable bonds is 5. The first kappa shape index (κ1) is 13.7. The summed E-state index contributed by atoms with van der Waals surface area (Å²) in [6.07, 6.45) is 1.02. The van der Waals surface area contributed by atoms with Crippen LogP contribution < -0.4 is 10.6 Å². The molecular weight excluding hydrogens is 266 g/mol. The number of hydrogen-bond acceptors (Lipinski definition) is 4. The molecule has 0 fully saturated rings. The molecule has 106 valence electrons. The van der Waals surface area contributed by atoms with Crippen molar-refractivity contribution < 1.29 is 0 Å². The molecule has 0 amide bonds. The number of benzene rings is 1. The number of aromatic nitrogens is 1. The summed E-state index contributed by atoms with van der Waals surface area (Å²) in [5.41, 5.74) is 4.16. The first-order valence-electron chi connectivity index (χ1n) is 7.23. The van der Waals surface area contributed by atoms with Crippen molar-refractivity contribution >= 4 is 11.3 Å². The maximum atomic E-state index is 4.50. The van der Waals surface area contributed by atoms with Gasteiger partial charge in [0.05, 0.1) is 10.7 Å². The maximum Gasteiger partial charge on any atom is 0.0897 e. The van der Waals surface area contributed by atoms with Gasteiger partial charge in [0.2, 0.25) is 0 Å². The third-order valence-electron chi connectivity index (χ3n) is 3.82. The van der Waals surface area contributed by atoms with Gasteiger partial charge < -0.3 is 10.6 Å². The molecule has 3 rings (SSSR count). The first-order chi connectivity index (χ1) is 9.83. The van der Waals surface area contributed by atoms with Crippen LogP contribution in [0.3, 0.4) is 0 Å². The molecule has 1 aliphatic heterocycles. The fraction of sp³-hybridized carbons (Fsp3) is 0.438. The van der Waals surface area contributed by atoms with Crippen molar-refractivity contribution in [3.8, 4) is 0 Å². The Labute approximate surface area is 124 Å². The van der Waals surface area contributed by atoms with Crippen LogP contribution in [0.15, 0.2) is 29.6 Å². The van der Waals surface area contributed by atoms with Crippen molar-refractivity contribution in [2.45, 2.75) is 25.8 Å². The van der Waals surface area contributed by atoms with Crippen LogP contribution in [-0.2, 0) is 13.0 Å². The third-order valence-corrected chi connectivity index (χ3v) is 4.64. The molecule has 0 aliphatic carbocycles. The number of hydrogen-bond donors (Lipinski definition) is 2. The number of nitrogens with one attached hydrogen (secondary N) is 2. The van der Waals surface area contributed by atoms with Gasteiger partial charge in [-0.25, -0.2) is 4.98 Å². The minimum atomic E-state index is 0.581. The van der Waals surface area contributed by atoms with Gasteiger partial charge in [-0.3, -0.25) is 0 Å². The highest BCUT2D eigenvalue weighted by atomic mass is 32.1. The summed E-state index contributed by atoms with van der Waals surface area (Å²) < 4.78 is 0. The van der Waals surface area contributed by atoms with Crippen LogP contribution >= 0.6 is 11.3 Å². The Bertz CT molecular complexity index is 564. The second-order valence-electron chi connectivity index (χ2n) is 5.34. The molecule has 1 aromatic heterocycles. The summed E-state index contributed by atoms with van der Waals surface area (Å²) in [6, 6.07) is 8.77. The Morgan fingerprint density at radius 2 is 2.30 bits per heavy atom. The average molecular weight is 287 g/mol. The highest BCUT2D eigenvalue weighted by molar-refractivity contribution is 7.09. The number of fused-ring (bicyclic) bond motifs is 1. The summed E-state index contributed by atoms with van der Waals surface area (Å²) in [7, 11) is 0. The first-order valence-corrected chi connectivity index (χ1v) is 8.11. The molecule has 2 heterocycles. The largest absolute Gasteiger partial charge is 0.316 e. The molecule has 1 aliphatic rings. The van der Waals surface area contributed by atoms with E-state index in [1.807, 2.05) is 0 Å². The molecule has 0 saturated heterocycles. The van der Waals surface area contributed by atoms with Gasteiger partial charge in [-0.1, -0.05) is 24.3 Å². The van der Waals surface area contributed by atoms with E-state index in [9.17, 15) is 0 Å². The Hall–Kier alpha value is -1.23. The molecule has 1 atom stereocenters. The Morgan fingerprint density at radius 3 is 3.15 bits per heavy atom. The van der Waals surface area contributed by atoms with Gasteiger partial charge in [0.15, 0.2) is 0 Å². The van der Waals surface area contributed by atoms with E-state index in [2.05, 4.69) is 52.2 Å². The normalized spacial score (nSPS) is 17.9. The minimum Gasteiger partial charge on any atom is -0.316 e. The summed E-state index contributed by atoms with van der Waals surface area (Å²) in [5, 5.41) is 10.4. The Kier molecular flexibility index (Phi) is 4.45. The zero-order valence-corrected chi connectivity index (χ0v) is 12.7. The number of nitrogens with zero attached hydrogens (tertiary/aromatic N) is 1. The molecule has 2 N–H and O–H groups in total. The summed E-state index contributed by atoms with van der Waals surface area (Å²) in [4.78, 5) is 4.50. The van der Waals surface area contributed by atoms with Crippen molar-refractivity contribution in [1.29, 1.82) is 0 Å². The van der Waals surface area contributed by atoms with Gasteiger partial charge in [-0.15, -0.1) is 11.3 Å². The number of aryl methyl sites for hydroxylation is 1. The van der Waals surface area contributed by atoms with E-state index in [-0.39, 0.29) is 0 Å². The van der Waals surface area contributed by atoms with Crippen LogP contribution in [0.5, 0.6) is 0 Å². The SMILES string of the molecule is Cc1nc(CCNCC2CNCc3ccccc32)cs1. The second-order valence-corrected chi connectivity index (χ2v) is 6.40. The van der Waals surface area contributed by atoms with E-state index in [4.69, 9.17) is 0 Å². The average Bonchev–Trinajstić information content (AvgIpc) is 2.89. The molecule has 0 radical (unpaired) electrons. The van der Waals surface area contributed by atoms with E-state index in [0.29, 0.717) is 5.92 Å². The molecule has 1 aromatic carbocycles. The highest BCUT2D eigenvalue weighted by Crippen LogP contribution is 2.22. The Balaban J connectivity index is 1.50. The smallest absolute Gasteiger partial charge is 0.0897 e. The fourth-order valence-electron chi connectivity index (χ4n) is 2.78. The lowest BCUT2D eigenvalue weighted by Gasteiger charge is -2.26. The van der Waals surface area contributed by atoms with Crippen LogP contribution in [0.25, 0.3) is 0 Å². The molecule has 20 heavy (non-hydrogen) atoms. The molecule has 0 bridgehead atoms. The standard InChI is InChI=1S/C16H21N3S/c1-12-19-15(11-20-12)6-7-17-9-14-10-18-8-13-4-2-3-5-16(13)14/h2-5,11,14,17-18H,6-10H2,1H3. The Morgan fingerprint density at radius 1 is 1.40 bits per heavy atom. The maximum absolute atomic E-state index is 4.50.